The summed E-state index contributed by atoms with van der Waals surface area (Å²) in [7, 11) is 0.596. The van der Waals surface area contributed by atoms with Gasteiger partial charge in [0.05, 0.1) is 18.7 Å². The van der Waals surface area contributed by atoms with Gasteiger partial charge in [0.25, 0.3) is 0 Å². The summed E-state index contributed by atoms with van der Waals surface area (Å²) in [5.41, 5.74) is 1.32. The molecule has 9 heteroatoms. The quantitative estimate of drug-likeness (QED) is 0.595. The Morgan fingerprint density at radius 1 is 1.24 bits per heavy atom. The van der Waals surface area contributed by atoms with E-state index < -0.39 is 19.1 Å². The molecule has 0 radical (unpaired) electrons. The molecule has 4 rings (SSSR count). The van der Waals surface area contributed by atoms with Crippen LogP contribution in [0.25, 0.3) is 11.0 Å². The SMILES string of the molecule is CN1CC(=O)OB(c2cc3ccc(Cl)nc3n2CC2CC2)OC(=O)C1. The van der Waals surface area contributed by atoms with Crippen LogP contribution >= 0.6 is 11.6 Å². The Balaban J connectivity index is 1.75. The minimum absolute atomic E-state index is 0.0402. The molecule has 3 heterocycles. The van der Waals surface area contributed by atoms with Gasteiger partial charge in [-0.15, -0.1) is 0 Å². The first kappa shape index (κ1) is 16.4. The molecule has 1 saturated carbocycles. The fraction of sp³-hybridized carbons (Fsp3) is 0.438. The fourth-order valence-electron chi connectivity index (χ4n) is 3.03. The Labute approximate surface area is 150 Å². The highest BCUT2D eigenvalue weighted by molar-refractivity contribution is 6.64. The van der Waals surface area contributed by atoms with E-state index in [4.69, 9.17) is 20.9 Å². The predicted molar refractivity (Wildman–Crippen MR) is 92.5 cm³/mol. The van der Waals surface area contributed by atoms with Crippen LogP contribution in [0.5, 0.6) is 0 Å². The van der Waals surface area contributed by atoms with Crippen molar-refractivity contribution in [1.29, 1.82) is 0 Å². The second-order valence-corrected chi connectivity index (χ2v) is 7.04. The molecule has 1 saturated heterocycles. The number of pyridine rings is 1. The summed E-state index contributed by atoms with van der Waals surface area (Å²) in [5.74, 6) is -0.315. The molecule has 0 amide bonds. The van der Waals surface area contributed by atoms with Crippen LogP contribution in [0.1, 0.15) is 12.8 Å². The molecule has 2 aliphatic rings. The summed E-state index contributed by atoms with van der Waals surface area (Å²) in [5, 5.41) is 1.26. The number of carbonyl (C=O) groups is 2. The molecule has 2 fully saturated rings. The maximum Gasteiger partial charge on any atom is 0.654 e. The number of hydrogen-bond donors (Lipinski definition) is 0. The van der Waals surface area contributed by atoms with E-state index in [-0.39, 0.29) is 13.1 Å². The largest absolute Gasteiger partial charge is 0.654 e. The molecule has 0 bridgehead atoms. The van der Waals surface area contributed by atoms with Gasteiger partial charge in [0, 0.05) is 11.9 Å². The van der Waals surface area contributed by atoms with Crippen molar-refractivity contribution in [2.45, 2.75) is 19.4 Å². The predicted octanol–water partition coefficient (Wildman–Crippen LogP) is 0.827. The third-order valence-electron chi connectivity index (χ3n) is 4.40. The summed E-state index contributed by atoms with van der Waals surface area (Å²) in [6.07, 6.45) is 2.30. The summed E-state index contributed by atoms with van der Waals surface area (Å²) in [6.45, 7) is 0.814. The minimum atomic E-state index is -1.07. The van der Waals surface area contributed by atoms with Crippen molar-refractivity contribution in [2.24, 2.45) is 5.92 Å². The van der Waals surface area contributed by atoms with Crippen molar-refractivity contribution >= 4 is 47.3 Å². The van der Waals surface area contributed by atoms with E-state index in [1.165, 1.54) is 0 Å². The number of aromatic nitrogens is 2. The monoisotopic (exact) mass is 361 g/mol. The highest BCUT2D eigenvalue weighted by Crippen LogP contribution is 2.31. The third-order valence-corrected chi connectivity index (χ3v) is 4.61. The highest BCUT2D eigenvalue weighted by atomic mass is 35.5. The zero-order valence-electron chi connectivity index (χ0n) is 13.8. The van der Waals surface area contributed by atoms with Crippen LogP contribution in [0.4, 0.5) is 0 Å². The van der Waals surface area contributed by atoms with Gasteiger partial charge in [-0.1, -0.05) is 11.6 Å². The molecule has 130 valence electrons. The lowest BCUT2D eigenvalue weighted by molar-refractivity contribution is -0.145. The van der Waals surface area contributed by atoms with Crippen LogP contribution in [0.2, 0.25) is 5.15 Å². The number of fused-ring (bicyclic) bond motifs is 1. The van der Waals surface area contributed by atoms with Crippen LogP contribution in [0, 0.1) is 5.92 Å². The molecule has 2 aromatic rings. The van der Waals surface area contributed by atoms with E-state index >= 15 is 0 Å². The number of halogens is 1. The maximum absolute atomic E-state index is 12.1. The average Bonchev–Trinajstić information content (AvgIpc) is 3.27. The van der Waals surface area contributed by atoms with Crippen LogP contribution in [-0.4, -0.2) is 53.6 Å². The van der Waals surface area contributed by atoms with Crippen LogP contribution < -0.4 is 5.59 Å². The summed E-state index contributed by atoms with van der Waals surface area (Å²) >= 11 is 6.05. The second kappa shape index (κ2) is 6.35. The first-order valence-electron chi connectivity index (χ1n) is 8.23. The first-order valence-corrected chi connectivity index (χ1v) is 8.60. The van der Waals surface area contributed by atoms with E-state index in [1.54, 1.807) is 18.0 Å². The molecule has 1 aliphatic carbocycles. The smallest absolute Gasteiger partial charge is 0.493 e. The van der Waals surface area contributed by atoms with Crippen molar-refractivity contribution in [3.05, 3.63) is 23.4 Å². The molecular formula is C16H17BClN3O4. The first-order chi connectivity index (χ1) is 12.0. The number of hydrogen-bond acceptors (Lipinski definition) is 6. The second-order valence-electron chi connectivity index (χ2n) is 6.65. The molecule has 0 N–H and O–H groups in total. The topological polar surface area (TPSA) is 73.7 Å². The molecule has 1 aliphatic heterocycles. The van der Waals surface area contributed by atoms with Crippen molar-refractivity contribution in [1.82, 2.24) is 14.5 Å². The number of nitrogens with zero attached hydrogens (tertiary/aromatic N) is 3. The van der Waals surface area contributed by atoms with Gasteiger partial charge in [-0.2, -0.15) is 0 Å². The lowest BCUT2D eigenvalue weighted by atomic mass is 9.83. The zero-order valence-corrected chi connectivity index (χ0v) is 14.5. The van der Waals surface area contributed by atoms with Crippen LogP contribution in [0.3, 0.4) is 0 Å². The lowest BCUT2D eigenvalue weighted by Crippen LogP contribution is -2.50. The molecule has 0 atom stereocenters. The summed E-state index contributed by atoms with van der Waals surface area (Å²) < 4.78 is 12.8. The van der Waals surface area contributed by atoms with Gasteiger partial charge >= 0.3 is 19.1 Å². The molecular weight excluding hydrogens is 344 g/mol. The van der Waals surface area contributed by atoms with E-state index in [9.17, 15) is 9.59 Å². The van der Waals surface area contributed by atoms with Gasteiger partial charge in [0.2, 0.25) is 0 Å². The average molecular weight is 362 g/mol. The van der Waals surface area contributed by atoms with E-state index in [1.807, 2.05) is 16.7 Å². The fourth-order valence-corrected chi connectivity index (χ4v) is 3.17. The molecule has 0 spiro atoms. The Kier molecular flexibility index (Phi) is 4.17. The maximum atomic E-state index is 12.1. The Morgan fingerprint density at radius 2 is 1.92 bits per heavy atom. The van der Waals surface area contributed by atoms with Gasteiger partial charge in [-0.05, 0) is 44.0 Å². The normalized spacial score (nSPS) is 19.5. The van der Waals surface area contributed by atoms with Crippen molar-refractivity contribution in [2.75, 3.05) is 20.1 Å². The van der Waals surface area contributed by atoms with Gasteiger partial charge in [-0.25, -0.2) is 4.98 Å². The van der Waals surface area contributed by atoms with Crippen LogP contribution in [-0.2, 0) is 25.4 Å². The molecule has 25 heavy (non-hydrogen) atoms. The number of carbonyl (C=O) groups excluding carboxylic acids is 2. The molecule has 0 aromatic carbocycles. The zero-order chi connectivity index (χ0) is 17.6. The number of likely N-dealkylation sites (N-methyl/N-ethyl adjacent to an activating group) is 1. The van der Waals surface area contributed by atoms with Gasteiger partial charge in [0.1, 0.15) is 10.8 Å². The van der Waals surface area contributed by atoms with Gasteiger partial charge in [-0.3, -0.25) is 14.5 Å². The van der Waals surface area contributed by atoms with Crippen molar-refractivity contribution in [3.63, 3.8) is 0 Å². The third kappa shape index (κ3) is 3.50. The Hall–Kier alpha value is -2.06. The number of rotatable bonds is 3. The highest BCUT2D eigenvalue weighted by Gasteiger charge is 2.38. The Morgan fingerprint density at radius 3 is 2.56 bits per heavy atom. The van der Waals surface area contributed by atoms with Crippen molar-refractivity contribution < 1.29 is 18.9 Å². The van der Waals surface area contributed by atoms with Gasteiger partial charge < -0.3 is 13.9 Å². The van der Waals surface area contributed by atoms with E-state index in [0.29, 0.717) is 22.3 Å². The standard InChI is InChI=1S/C16H17BClN3O4/c1-20-8-14(22)24-17(25-15(23)9-20)12-6-11-4-5-13(18)19-16(11)21(12)7-10-2-3-10/h4-6,10H,2-3,7-9H2,1H3. The lowest BCUT2D eigenvalue weighted by Gasteiger charge is -2.23. The van der Waals surface area contributed by atoms with E-state index in [2.05, 4.69) is 4.98 Å². The van der Waals surface area contributed by atoms with Crippen LogP contribution in [0.15, 0.2) is 18.2 Å². The summed E-state index contributed by atoms with van der Waals surface area (Å²) in [6, 6.07) is 5.41. The minimum Gasteiger partial charge on any atom is -0.493 e. The van der Waals surface area contributed by atoms with E-state index in [0.717, 1.165) is 24.8 Å². The van der Waals surface area contributed by atoms with Gasteiger partial charge in [0.15, 0.2) is 0 Å². The Bertz CT molecular complexity index is 831. The molecule has 7 nitrogen and oxygen atoms in total. The summed E-state index contributed by atoms with van der Waals surface area (Å²) in [4.78, 5) is 30.1. The molecule has 2 aromatic heterocycles. The molecule has 0 unspecified atom stereocenters. The van der Waals surface area contributed by atoms with Crippen molar-refractivity contribution in [3.8, 4) is 0 Å².